The molecule has 2 aromatic carbocycles. The zero-order valence-electron chi connectivity index (χ0n) is 12.6. The van der Waals surface area contributed by atoms with Crippen LogP contribution in [-0.4, -0.2) is 18.4 Å². The maximum absolute atomic E-state index is 11.8. The summed E-state index contributed by atoms with van der Waals surface area (Å²) in [6.45, 7) is 1.83. The number of ether oxygens (including phenoxy) is 1. The molecule has 2 rings (SSSR count). The zero-order valence-corrected chi connectivity index (χ0v) is 13.4. The monoisotopic (exact) mass is 332 g/mol. The van der Waals surface area contributed by atoms with Crippen molar-refractivity contribution in [2.75, 3.05) is 6.61 Å². The van der Waals surface area contributed by atoms with Crippen LogP contribution in [0.4, 0.5) is 0 Å². The van der Waals surface area contributed by atoms with Crippen molar-refractivity contribution in [3.8, 4) is 5.75 Å². The highest BCUT2D eigenvalue weighted by atomic mass is 35.5. The van der Waals surface area contributed by atoms with E-state index in [4.69, 9.17) is 16.3 Å². The Hall–Kier alpha value is -2.53. The number of rotatable bonds is 5. The quantitative estimate of drug-likeness (QED) is 0.827. The molecule has 6 heteroatoms. The summed E-state index contributed by atoms with van der Waals surface area (Å²) in [5, 5.41) is 0.536. The first-order valence-electron chi connectivity index (χ1n) is 7.15. The Morgan fingerprint density at radius 1 is 1.04 bits per heavy atom. The Labute approximate surface area is 139 Å². The number of carbonyl (C=O) groups excluding carboxylic acids is 2. The minimum absolute atomic E-state index is 0.183. The number of halogens is 1. The number of hydrogen-bond donors (Lipinski definition) is 2. The van der Waals surface area contributed by atoms with E-state index in [-0.39, 0.29) is 6.61 Å². The van der Waals surface area contributed by atoms with Gasteiger partial charge in [0, 0.05) is 10.6 Å². The van der Waals surface area contributed by atoms with Crippen molar-refractivity contribution in [2.24, 2.45) is 0 Å². The Morgan fingerprint density at radius 2 is 1.74 bits per heavy atom. The molecule has 0 fully saturated rings. The third-order valence-electron chi connectivity index (χ3n) is 3.13. The Kier molecular flexibility index (Phi) is 6.00. The van der Waals surface area contributed by atoms with Crippen molar-refractivity contribution in [1.29, 1.82) is 0 Å². The van der Waals surface area contributed by atoms with Crippen LogP contribution in [0.15, 0.2) is 48.5 Å². The Bertz CT molecular complexity index is 686. The first kappa shape index (κ1) is 16.8. The van der Waals surface area contributed by atoms with Crippen LogP contribution in [-0.2, 0) is 11.2 Å². The number of carbonyl (C=O) groups is 2. The van der Waals surface area contributed by atoms with Crippen molar-refractivity contribution in [1.82, 2.24) is 10.9 Å². The highest BCUT2D eigenvalue weighted by Crippen LogP contribution is 2.17. The van der Waals surface area contributed by atoms with Gasteiger partial charge in [-0.25, -0.2) is 0 Å². The molecule has 0 saturated carbocycles. The summed E-state index contributed by atoms with van der Waals surface area (Å²) in [6, 6.07) is 13.8. The lowest BCUT2D eigenvalue weighted by atomic mass is 10.1. The molecule has 0 aliphatic rings. The fraction of sp³-hybridized carbons (Fsp3) is 0.176. The summed E-state index contributed by atoms with van der Waals surface area (Å²) < 4.78 is 5.46. The summed E-state index contributed by atoms with van der Waals surface area (Å²) in [7, 11) is 0. The van der Waals surface area contributed by atoms with Gasteiger partial charge in [0.05, 0.1) is 0 Å². The first-order chi connectivity index (χ1) is 11.1. The number of amides is 2. The number of hydrazine groups is 1. The molecular weight excluding hydrogens is 316 g/mol. The lowest BCUT2D eigenvalue weighted by Crippen LogP contribution is -2.43. The van der Waals surface area contributed by atoms with Gasteiger partial charge in [0.2, 0.25) is 0 Å². The number of aryl methyl sites for hydroxylation is 1. The fourth-order valence-corrected chi connectivity index (χ4v) is 2.04. The maximum Gasteiger partial charge on any atom is 0.276 e. The van der Waals surface area contributed by atoms with E-state index in [1.54, 1.807) is 30.3 Å². The molecule has 0 bridgehead atoms. The topological polar surface area (TPSA) is 67.4 Å². The average Bonchev–Trinajstić information content (AvgIpc) is 2.58. The van der Waals surface area contributed by atoms with E-state index in [9.17, 15) is 9.59 Å². The molecule has 0 aliphatic heterocycles. The Morgan fingerprint density at radius 3 is 2.43 bits per heavy atom. The van der Waals surface area contributed by atoms with Crippen molar-refractivity contribution in [2.45, 2.75) is 13.3 Å². The van der Waals surface area contributed by atoms with E-state index in [1.807, 2.05) is 25.1 Å². The predicted octanol–water partition coefficient (Wildman–Crippen LogP) is 2.74. The summed E-state index contributed by atoms with van der Waals surface area (Å²) in [6.07, 6.45) is 0.811. The van der Waals surface area contributed by atoms with Gasteiger partial charge >= 0.3 is 0 Å². The van der Waals surface area contributed by atoms with Crippen molar-refractivity contribution < 1.29 is 14.3 Å². The second kappa shape index (κ2) is 8.19. The van der Waals surface area contributed by atoms with E-state index in [0.29, 0.717) is 16.3 Å². The van der Waals surface area contributed by atoms with Crippen LogP contribution < -0.4 is 15.6 Å². The third kappa shape index (κ3) is 5.00. The van der Waals surface area contributed by atoms with Crippen molar-refractivity contribution in [3.05, 3.63) is 64.7 Å². The molecule has 0 heterocycles. The van der Waals surface area contributed by atoms with Gasteiger partial charge in [0.25, 0.3) is 11.8 Å². The molecule has 0 radical (unpaired) electrons. The lowest BCUT2D eigenvalue weighted by molar-refractivity contribution is -0.123. The molecule has 2 aromatic rings. The van der Waals surface area contributed by atoms with Crippen LogP contribution in [0.1, 0.15) is 22.8 Å². The summed E-state index contributed by atoms with van der Waals surface area (Å²) in [5.41, 5.74) is 6.04. The molecule has 0 saturated heterocycles. The van der Waals surface area contributed by atoms with Crippen LogP contribution in [0.2, 0.25) is 5.02 Å². The molecule has 0 aromatic heterocycles. The van der Waals surface area contributed by atoms with E-state index in [1.165, 1.54) is 0 Å². The van der Waals surface area contributed by atoms with E-state index in [2.05, 4.69) is 10.9 Å². The maximum atomic E-state index is 11.8. The van der Waals surface area contributed by atoms with Gasteiger partial charge in [0.15, 0.2) is 6.61 Å². The molecule has 5 nitrogen and oxygen atoms in total. The number of benzene rings is 2. The van der Waals surface area contributed by atoms with Gasteiger partial charge in [0.1, 0.15) is 5.75 Å². The van der Waals surface area contributed by atoms with Gasteiger partial charge in [-0.3, -0.25) is 20.4 Å². The van der Waals surface area contributed by atoms with Crippen LogP contribution in [0, 0.1) is 0 Å². The van der Waals surface area contributed by atoms with Crippen LogP contribution >= 0.6 is 11.6 Å². The number of nitrogens with one attached hydrogen (secondary N) is 2. The minimum atomic E-state index is -0.446. The second-order valence-corrected chi connectivity index (χ2v) is 5.20. The molecule has 2 amide bonds. The molecular formula is C17H17ClN2O3. The highest BCUT2D eigenvalue weighted by Gasteiger charge is 2.08. The van der Waals surface area contributed by atoms with Crippen molar-refractivity contribution >= 4 is 23.4 Å². The van der Waals surface area contributed by atoms with Crippen molar-refractivity contribution in [3.63, 3.8) is 0 Å². The predicted molar refractivity (Wildman–Crippen MR) is 88.4 cm³/mol. The van der Waals surface area contributed by atoms with Gasteiger partial charge < -0.3 is 4.74 Å². The minimum Gasteiger partial charge on any atom is -0.483 e. The van der Waals surface area contributed by atoms with Gasteiger partial charge in [-0.2, -0.15) is 0 Å². The summed E-state index contributed by atoms with van der Waals surface area (Å²) in [4.78, 5) is 23.6. The smallest absolute Gasteiger partial charge is 0.276 e. The molecule has 0 spiro atoms. The summed E-state index contributed by atoms with van der Waals surface area (Å²) >= 11 is 5.75. The number of hydrogen-bond acceptors (Lipinski definition) is 3. The van der Waals surface area contributed by atoms with E-state index >= 15 is 0 Å². The highest BCUT2D eigenvalue weighted by molar-refractivity contribution is 6.30. The molecule has 0 atom stereocenters. The van der Waals surface area contributed by atoms with Crippen LogP contribution in [0.25, 0.3) is 0 Å². The van der Waals surface area contributed by atoms with Crippen LogP contribution in [0.5, 0.6) is 5.75 Å². The fourth-order valence-electron chi connectivity index (χ4n) is 1.92. The average molecular weight is 333 g/mol. The first-order valence-corrected chi connectivity index (χ1v) is 7.53. The molecule has 0 aliphatic carbocycles. The third-order valence-corrected chi connectivity index (χ3v) is 3.39. The zero-order chi connectivity index (χ0) is 16.7. The van der Waals surface area contributed by atoms with Gasteiger partial charge in [-0.1, -0.05) is 36.7 Å². The SMILES string of the molecule is CCc1ccccc1OCC(=O)NNC(=O)c1ccc(Cl)cc1. The van der Waals surface area contributed by atoms with Gasteiger partial charge in [-0.15, -0.1) is 0 Å². The Balaban J connectivity index is 1.81. The molecule has 0 unspecified atom stereocenters. The van der Waals surface area contributed by atoms with Crippen LogP contribution in [0.3, 0.4) is 0 Å². The number of para-hydroxylation sites is 1. The van der Waals surface area contributed by atoms with E-state index in [0.717, 1.165) is 12.0 Å². The standard InChI is InChI=1S/C17H17ClN2O3/c1-2-12-5-3-4-6-15(12)23-11-16(21)19-20-17(22)13-7-9-14(18)10-8-13/h3-10H,2,11H2,1H3,(H,19,21)(H,20,22). The molecule has 120 valence electrons. The largest absolute Gasteiger partial charge is 0.483 e. The van der Waals surface area contributed by atoms with E-state index < -0.39 is 11.8 Å². The molecule has 2 N–H and O–H groups in total. The normalized spacial score (nSPS) is 10.0. The lowest BCUT2D eigenvalue weighted by Gasteiger charge is -2.11. The second-order valence-electron chi connectivity index (χ2n) is 4.76. The van der Waals surface area contributed by atoms with Gasteiger partial charge in [-0.05, 0) is 42.3 Å². The molecule has 23 heavy (non-hydrogen) atoms. The summed E-state index contributed by atoms with van der Waals surface area (Å²) in [5.74, 6) is -0.212.